The van der Waals surface area contributed by atoms with Crippen LogP contribution in [0.1, 0.15) is 22.8 Å². The predicted octanol–water partition coefficient (Wildman–Crippen LogP) is 4.74. The molecule has 4 aromatic rings. The van der Waals surface area contributed by atoms with E-state index in [0.29, 0.717) is 24.4 Å². The van der Waals surface area contributed by atoms with Gasteiger partial charge in [0.25, 0.3) is 5.91 Å². The van der Waals surface area contributed by atoms with Gasteiger partial charge in [-0.1, -0.05) is 42.5 Å². The zero-order valence-corrected chi connectivity index (χ0v) is 15.6. The Hall–Kier alpha value is -3.60. The number of carbonyl (C=O) groups is 1. The lowest BCUT2D eigenvalue weighted by Crippen LogP contribution is -2.11. The molecule has 0 bridgehead atoms. The van der Waals surface area contributed by atoms with Gasteiger partial charge in [-0.25, -0.2) is 0 Å². The molecule has 5 heteroatoms. The van der Waals surface area contributed by atoms with E-state index in [9.17, 15) is 4.79 Å². The third-order valence-electron chi connectivity index (χ3n) is 4.53. The third kappa shape index (κ3) is 3.88. The minimum Gasteiger partial charge on any atom is -0.494 e. The lowest BCUT2D eigenvalue weighted by molar-refractivity contribution is 0.102. The van der Waals surface area contributed by atoms with Crippen molar-refractivity contribution in [2.45, 2.75) is 13.5 Å². The fraction of sp³-hybridized carbons (Fsp3) is 0.130. The zero-order valence-electron chi connectivity index (χ0n) is 15.6. The molecule has 3 aromatic carbocycles. The van der Waals surface area contributed by atoms with Gasteiger partial charge < -0.3 is 10.1 Å². The minimum atomic E-state index is -0.173. The van der Waals surface area contributed by atoms with Crippen molar-refractivity contribution >= 4 is 22.4 Å². The van der Waals surface area contributed by atoms with E-state index in [4.69, 9.17) is 4.74 Å². The Kier molecular flexibility index (Phi) is 5.06. The number of amides is 1. The van der Waals surface area contributed by atoms with Gasteiger partial charge in [-0.15, -0.1) is 0 Å². The summed E-state index contributed by atoms with van der Waals surface area (Å²) < 4.78 is 7.23. The molecule has 0 spiro atoms. The van der Waals surface area contributed by atoms with Crippen LogP contribution in [0, 0.1) is 0 Å². The topological polar surface area (TPSA) is 56.1 Å². The summed E-state index contributed by atoms with van der Waals surface area (Å²) in [5, 5.41) is 9.69. The summed E-state index contributed by atoms with van der Waals surface area (Å²) >= 11 is 0. The fourth-order valence-corrected chi connectivity index (χ4v) is 3.19. The van der Waals surface area contributed by atoms with Gasteiger partial charge in [0.05, 0.1) is 25.0 Å². The second kappa shape index (κ2) is 7.96. The number of nitrogens with one attached hydrogen (secondary N) is 1. The second-order valence-electron chi connectivity index (χ2n) is 6.48. The molecule has 28 heavy (non-hydrogen) atoms. The number of aromatic nitrogens is 2. The van der Waals surface area contributed by atoms with Crippen LogP contribution in [-0.2, 0) is 6.54 Å². The normalized spacial score (nSPS) is 10.8. The van der Waals surface area contributed by atoms with Crippen LogP contribution in [-0.4, -0.2) is 22.3 Å². The number of hydrogen-bond donors (Lipinski definition) is 1. The molecule has 0 aliphatic heterocycles. The Morgan fingerprint density at radius 1 is 1.04 bits per heavy atom. The van der Waals surface area contributed by atoms with E-state index < -0.39 is 0 Å². The van der Waals surface area contributed by atoms with Gasteiger partial charge in [-0.2, -0.15) is 5.10 Å². The molecule has 140 valence electrons. The Bertz CT molecular complexity index is 1100. The van der Waals surface area contributed by atoms with E-state index in [1.807, 2.05) is 29.9 Å². The Balaban J connectivity index is 1.46. The van der Waals surface area contributed by atoms with Crippen molar-refractivity contribution in [2.75, 3.05) is 11.9 Å². The average Bonchev–Trinajstić information content (AvgIpc) is 3.16. The predicted molar refractivity (Wildman–Crippen MR) is 111 cm³/mol. The molecular weight excluding hydrogens is 350 g/mol. The van der Waals surface area contributed by atoms with Crippen LogP contribution >= 0.6 is 0 Å². The molecule has 5 nitrogen and oxygen atoms in total. The standard InChI is InChI=1S/C23H21N3O2/c1-2-28-21-12-10-18(11-13-21)23(27)25-20-14-24-26(16-20)15-19-8-5-7-17-6-3-4-9-22(17)19/h3-14,16H,2,15H2,1H3,(H,25,27). The first-order chi connectivity index (χ1) is 13.7. The van der Waals surface area contributed by atoms with Crippen molar-refractivity contribution in [2.24, 2.45) is 0 Å². The number of benzene rings is 3. The number of ether oxygens (including phenoxy) is 1. The molecule has 0 unspecified atom stereocenters. The molecule has 1 aromatic heterocycles. The van der Waals surface area contributed by atoms with E-state index in [1.165, 1.54) is 16.3 Å². The van der Waals surface area contributed by atoms with Gasteiger partial charge in [-0.05, 0) is 47.5 Å². The highest BCUT2D eigenvalue weighted by molar-refractivity contribution is 6.04. The SMILES string of the molecule is CCOc1ccc(C(=O)Nc2cnn(Cc3cccc4ccccc34)c2)cc1. The first-order valence-corrected chi connectivity index (χ1v) is 9.26. The van der Waals surface area contributed by atoms with Gasteiger partial charge in [0.2, 0.25) is 0 Å². The Morgan fingerprint density at radius 2 is 1.82 bits per heavy atom. The molecule has 4 rings (SSSR count). The number of hydrogen-bond acceptors (Lipinski definition) is 3. The minimum absolute atomic E-state index is 0.173. The molecule has 0 radical (unpaired) electrons. The average molecular weight is 371 g/mol. The number of anilines is 1. The quantitative estimate of drug-likeness (QED) is 0.533. The number of nitrogens with zero attached hydrogens (tertiary/aromatic N) is 2. The number of rotatable bonds is 6. The van der Waals surface area contributed by atoms with Crippen LogP contribution in [0.25, 0.3) is 10.8 Å². The van der Waals surface area contributed by atoms with E-state index in [1.54, 1.807) is 30.5 Å². The van der Waals surface area contributed by atoms with Crippen molar-refractivity contribution in [3.63, 3.8) is 0 Å². The summed E-state index contributed by atoms with van der Waals surface area (Å²) in [6, 6.07) is 21.6. The van der Waals surface area contributed by atoms with Gasteiger partial charge in [-0.3, -0.25) is 9.48 Å². The van der Waals surface area contributed by atoms with Crippen LogP contribution in [0.5, 0.6) is 5.75 Å². The van der Waals surface area contributed by atoms with Gasteiger partial charge >= 0.3 is 0 Å². The molecule has 0 saturated carbocycles. The van der Waals surface area contributed by atoms with Gasteiger partial charge in [0.15, 0.2) is 0 Å². The van der Waals surface area contributed by atoms with E-state index in [2.05, 4.69) is 40.7 Å². The molecule has 1 heterocycles. The molecule has 0 fully saturated rings. The largest absolute Gasteiger partial charge is 0.494 e. The summed E-state index contributed by atoms with van der Waals surface area (Å²) in [5.41, 5.74) is 2.43. The maximum absolute atomic E-state index is 12.4. The smallest absolute Gasteiger partial charge is 0.255 e. The van der Waals surface area contributed by atoms with E-state index in [0.717, 1.165) is 5.75 Å². The van der Waals surface area contributed by atoms with Crippen molar-refractivity contribution in [1.82, 2.24) is 9.78 Å². The lowest BCUT2D eigenvalue weighted by Gasteiger charge is -2.07. The van der Waals surface area contributed by atoms with E-state index >= 15 is 0 Å². The van der Waals surface area contributed by atoms with E-state index in [-0.39, 0.29) is 5.91 Å². The number of fused-ring (bicyclic) bond motifs is 1. The van der Waals surface area contributed by atoms with Crippen LogP contribution < -0.4 is 10.1 Å². The molecule has 0 saturated heterocycles. The summed E-state index contributed by atoms with van der Waals surface area (Å²) in [7, 11) is 0. The van der Waals surface area contributed by atoms with Crippen LogP contribution in [0.3, 0.4) is 0 Å². The molecular formula is C23H21N3O2. The molecule has 0 aliphatic rings. The van der Waals surface area contributed by atoms with Crippen molar-refractivity contribution in [3.05, 3.63) is 90.3 Å². The van der Waals surface area contributed by atoms with Gasteiger partial charge in [0.1, 0.15) is 5.75 Å². The van der Waals surface area contributed by atoms with Crippen molar-refractivity contribution in [3.8, 4) is 5.75 Å². The summed E-state index contributed by atoms with van der Waals surface area (Å²) in [4.78, 5) is 12.4. The molecule has 1 N–H and O–H groups in total. The summed E-state index contributed by atoms with van der Waals surface area (Å²) in [6.45, 7) is 3.16. The lowest BCUT2D eigenvalue weighted by atomic mass is 10.0. The first-order valence-electron chi connectivity index (χ1n) is 9.26. The monoisotopic (exact) mass is 371 g/mol. The second-order valence-corrected chi connectivity index (χ2v) is 6.48. The van der Waals surface area contributed by atoms with Crippen LogP contribution in [0.4, 0.5) is 5.69 Å². The highest BCUT2D eigenvalue weighted by atomic mass is 16.5. The molecule has 0 atom stereocenters. The summed E-state index contributed by atoms with van der Waals surface area (Å²) in [5.74, 6) is 0.578. The van der Waals surface area contributed by atoms with Crippen LogP contribution in [0.2, 0.25) is 0 Å². The highest BCUT2D eigenvalue weighted by Gasteiger charge is 2.09. The maximum Gasteiger partial charge on any atom is 0.255 e. The maximum atomic E-state index is 12.4. The number of carbonyl (C=O) groups excluding carboxylic acids is 1. The van der Waals surface area contributed by atoms with Crippen molar-refractivity contribution < 1.29 is 9.53 Å². The molecule has 1 amide bonds. The van der Waals surface area contributed by atoms with Crippen molar-refractivity contribution in [1.29, 1.82) is 0 Å². The fourth-order valence-electron chi connectivity index (χ4n) is 3.19. The highest BCUT2D eigenvalue weighted by Crippen LogP contribution is 2.20. The van der Waals surface area contributed by atoms with Gasteiger partial charge in [0, 0.05) is 11.8 Å². The Labute approximate surface area is 163 Å². The first kappa shape index (κ1) is 17.8. The third-order valence-corrected chi connectivity index (χ3v) is 4.53. The van der Waals surface area contributed by atoms with Crippen LogP contribution in [0.15, 0.2) is 79.1 Å². The summed E-state index contributed by atoms with van der Waals surface area (Å²) in [6.07, 6.45) is 3.51. The molecule has 0 aliphatic carbocycles. The Morgan fingerprint density at radius 3 is 2.64 bits per heavy atom. The zero-order chi connectivity index (χ0) is 19.3.